The van der Waals surface area contributed by atoms with Gasteiger partial charge < -0.3 is 5.73 Å². The zero-order chi connectivity index (χ0) is 15.2. The molecule has 0 saturated carbocycles. The van der Waals surface area contributed by atoms with Crippen LogP contribution in [0.1, 0.15) is 45.6 Å². The highest BCUT2D eigenvalue weighted by Crippen LogP contribution is 2.20. The third-order valence-electron chi connectivity index (χ3n) is 3.58. The van der Waals surface area contributed by atoms with Gasteiger partial charge in [0.25, 0.3) is 0 Å². The predicted octanol–water partition coefficient (Wildman–Crippen LogP) is 2.73. The van der Waals surface area contributed by atoms with Crippen LogP contribution >= 0.6 is 0 Å². The molecule has 0 aliphatic rings. The minimum absolute atomic E-state index is 0.0146. The Labute approximate surface area is 123 Å². The highest BCUT2D eigenvalue weighted by Gasteiger charge is 2.27. The maximum absolute atomic E-state index is 12.7. The zero-order valence-corrected chi connectivity index (χ0v) is 13.5. The summed E-state index contributed by atoms with van der Waals surface area (Å²) in [4.78, 5) is 0.353. The Bertz CT molecular complexity index is 497. The maximum Gasteiger partial charge on any atom is 0.243 e. The van der Waals surface area contributed by atoms with Gasteiger partial charge in [-0.15, -0.1) is 0 Å². The number of unbranched alkanes of at least 4 members (excludes halogenated alkanes) is 1. The van der Waals surface area contributed by atoms with Crippen molar-refractivity contribution in [2.45, 2.75) is 57.5 Å². The maximum atomic E-state index is 12.7. The Hall–Kier alpha value is -0.910. The van der Waals surface area contributed by atoms with Gasteiger partial charge in [0.1, 0.15) is 0 Å². The molecular weight excluding hydrogens is 272 g/mol. The predicted molar refractivity (Wildman–Crippen MR) is 82.9 cm³/mol. The minimum atomic E-state index is -3.42. The van der Waals surface area contributed by atoms with Gasteiger partial charge in [-0.3, -0.25) is 0 Å². The molecule has 0 fully saturated rings. The fraction of sp³-hybridized carbons (Fsp3) is 0.600. The van der Waals surface area contributed by atoms with Crippen molar-refractivity contribution in [3.05, 3.63) is 29.8 Å². The fourth-order valence-electron chi connectivity index (χ4n) is 2.03. The van der Waals surface area contributed by atoms with Crippen LogP contribution in [0, 0.1) is 0 Å². The monoisotopic (exact) mass is 298 g/mol. The number of nitrogens with zero attached hydrogens (tertiary/aromatic N) is 1. The van der Waals surface area contributed by atoms with Gasteiger partial charge in [0.05, 0.1) is 4.90 Å². The second-order valence-electron chi connectivity index (χ2n) is 5.07. The lowest BCUT2D eigenvalue weighted by atomic mass is 10.2. The number of hydrogen-bond acceptors (Lipinski definition) is 3. The van der Waals surface area contributed by atoms with Crippen LogP contribution in [-0.2, 0) is 16.6 Å². The molecule has 0 spiro atoms. The zero-order valence-electron chi connectivity index (χ0n) is 12.7. The number of sulfonamides is 1. The standard InChI is InChI=1S/C15H26N2O2S/c1-4-6-11-17(13(3)5-2)20(18,19)15-9-7-14(12-16)8-10-15/h7-10,13H,4-6,11-12,16H2,1-3H3. The summed E-state index contributed by atoms with van der Waals surface area (Å²) in [7, 11) is -3.42. The first-order valence-electron chi connectivity index (χ1n) is 7.28. The Kier molecular flexibility index (Phi) is 6.65. The molecule has 1 aromatic carbocycles. The summed E-state index contributed by atoms with van der Waals surface area (Å²) in [6, 6.07) is 6.88. The van der Waals surface area contributed by atoms with E-state index in [9.17, 15) is 8.42 Å². The number of rotatable bonds is 8. The molecule has 0 aliphatic heterocycles. The van der Waals surface area contributed by atoms with Gasteiger partial charge in [-0.1, -0.05) is 32.4 Å². The normalized spacial score (nSPS) is 13.7. The van der Waals surface area contributed by atoms with E-state index in [1.807, 2.05) is 13.8 Å². The van der Waals surface area contributed by atoms with E-state index >= 15 is 0 Å². The summed E-state index contributed by atoms with van der Waals surface area (Å²) in [5.74, 6) is 0. The second kappa shape index (κ2) is 7.76. The van der Waals surface area contributed by atoms with Crippen LogP contribution in [0.25, 0.3) is 0 Å². The third kappa shape index (κ3) is 4.04. The smallest absolute Gasteiger partial charge is 0.243 e. The van der Waals surface area contributed by atoms with Crippen LogP contribution in [0.3, 0.4) is 0 Å². The van der Waals surface area contributed by atoms with Crippen molar-refractivity contribution in [3.63, 3.8) is 0 Å². The van der Waals surface area contributed by atoms with E-state index in [0.717, 1.165) is 24.8 Å². The number of benzene rings is 1. The Morgan fingerprint density at radius 2 is 1.80 bits per heavy atom. The summed E-state index contributed by atoms with van der Waals surface area (Å²) >= 11 is 0. The van der Waals surface area contributed by atoms with E-state index < -0.39 is 10.0 Å². The molecule has 1 rings (SSSR count). The Morgan fingerprint density at radius 1 is 1.20 bits per heavy atom. The van der Waals surface area contributed by atoms with Crippen molar-refractivity contribution < 1.29 is 8.42 Å². The first kappa shape index (κ1) is 17.1. The van der Waals surface area contributed by atoms with Gasteiger partial charge in [-0.25, -0.2) is 8.42 Å². The van der Waals surface area contributed by atoms with Gasteiger partial charge in [-0.2, -0.15) is 4.31 Å². The summed E-state index contributed by atoms with van der Waals surface area (Å²) in [6.45, 7) is 7.04. The molecular formula is C15H26N2O2S. The summed E-state index contributed by atoms with van der Waals surface area (Å²) < 4.78 is 27.1. The van der Waals surface area contributed by atoms with E-state index in [1.54, 1.807) is 28.6 Å². The van der Waals surface area contributed by atoms with Crippen molar-refractivity contribution in [2.24, 2.45) is 5.73 Å². The molecule has 2 N–H and O–H groups in total. The number of hydrogen-bond donors (Lipinski definition) is 1. The molecule has 5 heteroatoms. The van der Waals surface area contributed by atoms with Crippen molar-refractivity contribution >= 4 is 10.0 Å². The average Bonchev–Trinajstić information content (AvgIpc) is 2.47. The molecule has 0 aliphatic carbocycles. The lowest BCUT2D eigenvalue weighted by molar-refractivity contribution is 0.324. The molecule has 114 valence electrons. The summed E-state index contributed by atoms with van der Waals surface area (Å²) in [6.07, 6.45) is 2.67. The van der Waals surface area contributed by atoms with Gasteiger partial charge in [-0.05, 0) is 37.5 Å². The summed E-state index contributed by atoms with van der Waals surface area (Å²) in [5, 5.41) is 0. The van der Waals surface area contributed by atoms with Crippen molar-refractivity contribution in [1.82, 2.24) is 4.31 Å². The molecule has 0 radical (unpaired) electrons. The molecule has 1 unspecified atom stereocenters. The van der Waals surface area contributed by atoms with Crippen molar-refractivity contribution in [3.8, 4) is 0 Å². The molecule has 1 atom stereocenters. The summed E-state index contributed by atoms with van der Waals surface area (Å²) in [5.41, 5.74) is 6.48. The van der Waals surface area contributed by atoms with E-state index in [4.69, 9.17) is 5.73 Å². The van der Waals surface area contributed by atoms with Crippen LogP contribution in [0.15, 0.2) is 29.2 Å². The largest absolute Gasteiger partial charge is 0.326 e. The lowest BCUT2D eigenvalue weighted by Gasteiger charge is -2.27. The van der Waals surface area contributed by atoms with Crippen LogP contribution in [0.4, 0.5) is 0 Å². The van der Waals surface area contributed by atoms with Crippen LogP contribution in [0.5, 0.6) is 0 Å². The highest BCUT2D eigenvalue weighted by molar-refractivity contribution is 7.89. The van der Waals surface area contributed by atoms with Gasteiger partial charge >= 0.3 is 0 Å². The van der Waals surface area contributed by atoms with E-state index in [1.165, 1.54) is 0 Å². The molecule has 4 nitrogen and oxygen atoms in total. The lowest BCUT2D eigenvalue weighted by Crippen LogP contribution is -2.39. The molecule has 1 aromatic rings. The van der Waals surface area contributed by atoms with Crippen molar-refractivity contribution in [2.75, 3.05) is 6.54 Å². The van der Waals surface area contributed by atoms with Gasteiger partial charge in [0, 0.05) is 19.1 Å². The topological polar surface area (TPSA) is 63.4 Å². The quantitative estimate of drug-likeness (QED) is 0.802. The molecule has 0 bridgehead atoms. The first-order valence-corrected chi connectivity index (χ1v) is 8.72. The second-order valence-corrected chi connectivity index (χ2v) is 6.97. The van der Waals surface area contributed by atoms with Crippen LogP contribution in [0.2, 0.25) is 0 Å². The molecule has 0 heterocycles. The first-order chi connectivity index (χ1) is 9.47. The SMILES string of the molecule is CCCCN(C(C)CC)S(=O)(=O)c1ccc(CN)cc1. The Morgan fingerprint density at radius 3 is 2.25 bits per heavy atom. The molecule has 20 heavy (non-hydrogen) atoms. The number of nitrogens with two attached hydrogens (primary N) is 1. The minimum Gasteiger partial charge on any atom is -0.326 e. The molecule has 0 aromatic heterocycles. The highest BCUT2D eigenvalue weighted by atomic mass is 32.2. The fourth-order valence-corrected chi connectivity index (χ4v) is 3.77. The van der Waals surface area contributed by atoms with Gasteiger partial charge in [0.15, 0.2) is 0 Å². The third-order valence-corrected chi connectivity index (χ3v) is 5.61. The van der Waals surface area contributed by atoms with E-state index in [-0.39, 0.29) is 6.04 Å². The average molecular weight is 298 g/mol. The van der Waals surface area contributed by atoms with Crippen LogP contribution < -0.4 is 5.73 Å². The van der Waals surface area contributed by atoms with Gasteiger partial charge in [0.2, 0.25) is 10.0 Å². The molecule has 0 saturated heterocycles. The molecule has 0 amide bonds. The van der Waals surface area contributed by atoms with E-state index in [0.29, 0.717) is 18.0 Å². The van der Waals surface area contributed by atoms with Crippen molar-refractivity contribution in [1.29, 1.82) is 0 Å². The Balaban J connectivity index is 3.07. The van der Waals surface area contributed by atoms with Crippen LogP contribution in [-0.4, -0.2) is 25.3 Å². The van der Waals surface area contributed by atoms with E-state index in [2.05, 4.69) is 6.92 Å².